The van der Waals surface area contributed by atoms with Gasteiger partial charge in [0.2, 0.25) is 0 Å². The summed E-state index contributed by atoms with van der Waals surface area (Å²) in [6.45, 7) is 14.6. The van der Waals surface area contributed by atoms with E-state index in [1.807, 2.05) is 19.2 Å². The quantitative estimate of drug-likeness (QED) is 0.723. The van der Waals surface area contributed by atoms with Gasteiger partial charge in [0.15, 0.2) is 0 Å². The van der Waals surface area contributed by atoms with Crippen molar-refractivity contribution < 1.29 is 9.53 Å². The number of hydrogen-bond acceptors (Lipinski definition) is 5. The second-order valence-corrected chi connectivity index (χ2v) is 9.28. The van der Waals surface area contributed by atoms with Crippen LogP contribution in [0.3, 0.4) is 0 Å². The first-order valence-corrected chi connectivity index (χ1v) is 11.1. The Hall–Kier alpha value is -1.73. The first kappa shape index (κ1) is 21.0. The lowest BCUT2D eigenvalue weighted by Crippen LogP contribution is -2.30. The molecule has 1 aliphatic heterocycles. The molecule has 0 bridgehead atoms. The number of imidazole rings is 1. The lowest BCUT2D eigenvalue weighted by atomic mass is 9.94. The maximum Gasteiger partial charge on any atom is 0.273 e. The third-order valence-corrected chi connectivity index (χ3v) is 6.10. The van der Waals surface area contributed by atoms with Crippen LogP contribution in [0.25, 0.3) is 10.7 Å². The van der Waals surface area contributed by atoms with Crippen LogP contribution in [-0.2, 0) is 16.7 Å². The van der Waals surface area contributed by atoms with Crippen molar-refractivity contribution in [1.82, 2.24) is 19.4 Å². The standard InChI is InChI=1S/C21H32N4O2S/c1-6-24(7-2)19(26)17-14-28-18(22-17)16-13-25(20(23-16)21(3,4)5)12-15-8-10-27-11-9-15/h13-15H,6-12H2,1-5H3. The SMILES string of the molecule is CCN(CC)C(=O)c1csc(-c2cn(CC3CCOCC3)c(C(C)(C)C)n2)n1. The van der Waals surface area contributed by atoms with Crippen LogP contribution < -0.4 is 0 Å². The topological polar surface area (TPSA) is 60.2 Å². The molecule has 1 aliphatic rings. The maximum atomic E-state index is 12.6. The van der Waals surface area contributed by atoms with Gasteiger partial charge in [0, 0.05) is 49.8 Å². The normalized spacial score (nSPS) is 15.8. The highest BCUT2D eigenvalue weighted by atomic mass is 32.1. The number of nitrogens with zero attached hydrogens (tertiary/aromatic N) is 4. The number of carbonyl (C=O) groups excluding carboxylic acids is 1. The number of ether oxygens (including phenoxy) is 1. The summed E-state index contributed by atoms with van der Waals surface area (Å²) >= 11 is 1.49. The molecule has 3 heterocycles. The Bertz CT molecular complexity index is 796. The Morgan fingerprint density at radius 1 is 1.25 bits per heavy atom. The lowest BCUT2D eigenvalue weighted by Gasteiger charge is -2.25. The summed E-state index contributed by atoms with van der Waals surface area (Å²) in [6, 6.07) is 0. The van der Waals surface area contributed by atoms with Gasteiger partial charge in [0.05, 0.1) is 0 Å². The van der Waals surface area contributed by atoms with E-state index in [-0.39, 0.29) is 11.3 Å². The van der Waals surface area contributed by atoms with E-state index in [9.17, 15) is 4.79 Å². The van der Waals surface area contributed by atoms with Gasteiger partial charge in [0.1, 0.15) is 22.2 Å². The fraction of sp³-hybridized carbons (Fsp3) is 0.667. The van der Waals surface area contributed by atoms with Crippen molar-refractivity contribution in [2.24, 2.45) is 5.92 Å². The average Bonchev–Trinajstić information content (AvgIpc) is 3.30. The van der Waals surface area contributed by atoms with Crippen LogP contribution in [0.1, 0.15) is 63.8 Å². The zero-order valence-corrected chi connectivity index (χ0v) is 18.5. The molecule has 0 atom stereocenters. The molecule has 2 aromatic heterocycles. The predicted molar refractivity (Wildman–Crippen MR) is 113 cm³/mol. The molecule has 6 nitrogen and oxygen atoms in total. The Labute approximate surface area is 171 Å². The predicted octanol–water partition coefficient (Wildman–Crippen LogP) is 4.21. The maximum absolute atomic E-state index is 12.6. The average molecular weight is 405 g/mol. The minimum atomic E-state index is -0.0550. The molecule has 1 fully saturated rings. The molecule has 0 spiro atoms. The van der Waals surface area contributed by atoms with Gasteiger partial charge in [-0.3, -0.25) is 4.79 Å². The Kier molecular flexibility index (Phi) is 6.55. The molecule has 28 heavy (non-hydrogen) atoms. The smallest absolute Gasteiger partial charge is 0.273 e. The largest absolute Gasteiger partial charge is 0.381 e. The van der Waals surface area contributed by atoms with E-state index in [4.69, 9.17) is 9.72 Å². The van der Waals surface area contributed by atoms with Crippen molar-refractivity contribution in [3.05, 3.63) is 23.1 Å². The van der Waals surface area contributed by atoms with E-state index < -0.39 is 0 Å². The Morgan fingerprint density at radius 2 is 1.93 bits per heavy atom. The van der Waals surface area contributed by atoms with Crippen LogP contribution in [0.4, 0.5) is 0 Å². The van der Waals surface area contributed by atoms with E-state index in [2.05, 4.69) is 36.5 Å². The highest BCUT2D eigenvalue weighted by Gasteiger charge is 2.26. The zero-order valence-electron chi connectivity index (χ0n) is 17.7. The molecule has 0 radical (unpaired) electrons. The lowest BCUT2D eigenvalue weighted by molar-refractivity contribution is 0.0607. The summed E-state index contributed by atoms with van der Waals surface area (Å²) < 4.78 is 7.79. The van der Waals surface area contributed by atoms with Gasteiger partial charge in [-0.05, 0) is 32.6 Å². The Morgan fingerprint density at radius 3 is 2.54 bits per heavy atom. The molecule has 0 N–H and O–H groups in total. The van der Waals surface area contributed by atoms with Gasteiger partial charge in [0.25, 0.3) is 5.91 Å². The third-order valence-electron chi connectivity index (χ3n) is 5.24. The van der Waals surface area contributed by atoms with Crippen molar-refractivity contribution in [1.29, 1.82) is 0 Å². The summed E-state index contributed by atoms with van der Waals surface area (Å²) in [6.07, 6.45) is 4.30. The fourth-order valence-electron chi connectivity index (χ4n) is 3.63. The van der Waals surface area contributed by atoms with Crippen molar-refractivity contribution in [3.63, 3.8) is 0 Å². The second kappa shape index (κ2) is 8.74. The van der Waals surface area contributed by atoms with Gasteiger partial charge in [-0.15, -0.1) is 11.3 Å². The van der Waals surface area contributed by atoms with Crippen LogP contribution in [0.15, 0.2) is 11.6 Å². The second-order valence-electron chi connectivity index (χ2n) is 8.42. The van der Waals surface area contributed by atoms with Crippen LogP contribution in [0.2, 0.25) is 0 Å². The van der Waals surface area contributed by atoms with Gasteiger partial charge in [-0.1, -0.05) is 20.8 Å². The monoisotopic (exact) mass is 404 g/mol. The highest BCUT2D eigenvalue weighted by molar-refractivity contribution is 7.13. The molecular weight excluding hydrogens is 372 g/mol. The van der Waals surface area contributed by atoms with Gasteiger partial charge >= 0.3 is 0 Å². The minimum absolute atomic E-state index is 0.00909. The summed E-state index contributed by atoms with van der Waals surface area (Å²) in [4.78, 5) is 23.9. The number of carbonyl (C=O) groups is 1. The van der Waals surface area contributed by atoms with Crippen molar-refractivity contribution in [3.8, 4) is 10.7 Å². The van der Waals surface area contributed by atoms with Crippen LogP contribution >= 0.6 is 11.3 Å². The number of thiazole rings is 1. The Balaban J connectivity index is 1.87. The summed E-state index contributed by atoms with van der Waals surface area (Å²) in [7, 11) is 0. The van der Waals surface area contributed by atoms with E-state index in [1.165, 1.54) is 11.3 Å². The van der Waals surface area contributed by atoms with Crippen LogP contribution in [0.5, 0.6) is 0 Å². The summed E-state index contributed by atoms with van der Waals surface area (Å²) in [5, 5.41) is 2.66. The van der Waals surface area contributed by atoms with E-state index in [0.29, 0.717) is 24.7 Å². The first-order chi connectivity index (χ1) is 13.3. The van der Waals surface area contributed by atoms with E-state index in [1.54, 1.807) is 4.90 Å². The van der Waals surface area contributed by atoms with Crippen LogP contribution in [-0.4, -0.2) is 51.6 Å². The van der Waals surface area contributed by atoms with Gasteiger partial charge in [-0.2, -0.15) is 0 Å². The van der Waals surface area contributed by atoms with Crippen LogP contribution in [0, 0.1) is 5.92 Å². The van der Waals surface area contributed by atoms with Gasteiger partial charge < -0.3 is 14.2 Å². The highest BCUT2D eigenvalue weighted by Crippen LogP contribution is 2.30. The fourth-order valence-corrected chi connectivity index (χ4v) is 4.37. The molecule has 1 saturated heterocycles. The number of amides is 1. The number of rotatable bonds is 6. The molecule has 2 aromatic rings. The molecule has 0 unspecified atom stereocenters. The summed E-state index contributed by atoms with van der Waals surface area (Å²) in [5.41, 5.74) is 1.32. The summed E-state index contributed by atoms with van der Waals surface area (Å²) in [5.74, 6) is 1.68. The molecule has 7 heteroatoms. The molecule has 3 rings (SSSR count). The molecule has 0 aliphatic carbocycles. The molecule has 0 saturated carbocycles. The van der Waals surface area contributed by atoms with Gasteiger partial charge in [-0.25, -0.2) is 9.97 Å². The van der Waals surface area contributed by atoms with E-state index >= 15 is 0 Å². The number of aromatic nitrogens is 3. The molecule has 154 valence electrons. The first-order valence-electron chi connectivity index (χ1n) is 10.2. The van der Waals surface area contributed by atoms with Crippen molar-refractivity contribution >= 4 is 17.2 Å². The molecule has 1 amide bonds. The third kappa shape index (κ3) is 4.63. The number of hydrogen-bond donors (Lipinski definition) is 0. The minimum Gasteiger partial charge on any atom is -0.381 e. The van der Waals surface area contributed by atoms with Crippen molar-refractivity contribution in [2.45, 2.75) is 59.4 Å². The molecule has 0 aromatic carbocycles. The van der Waals surface area contributed by atoms with Crippen molar-refractivity contribution in [2.75, 3.05) is 26.3 Å². The molecular formula is C21H32N4O2S. The van der Waals surface area contributed by atoms with E-state index in [0.717, 1.165) is 49.1 Å². The zero-order chi connectivity index (χ0) is 20.3.